The monoisotopic (exact) mass is 266 g/mol. The van der Waals surface area contributed by atoms with Crippen LogP contribution in [-0.4, -0.2) is 28.8 Å². The number of carbonyl (C=O) groups is 1. The van der Waals surface area contributed by atoms with Crippen molar-refractivity contribution in [3.8, 4) is 0 Å². The first-order valence-corrected chi connectivity index (χ1v) is 6.33. The van der Waals surface area contributed by atoms with Crippen molar-refractivity contribution in [3.63, 3.8) is 0 Å². The van der Waals surface area contributed by atoms with Crippen molar-refractivity contribution in [1.29, 1.82) is 0 Å². The number of benzene rings is 1. The first-order chi connectivity index (χ1) is 9.09. The lowest BCUT2D eigenvalue weighted by atomic mass is 10.1. The van der Waals surface area contributed by atoms with Crippen LogP contribution in [-0.2, 0) is 0 Å². The Bertz CT molecular complexity index is 497. The van der Waals surface area contributed by atoms with Crippen LogP contribution in [0.1, 0.15) is 36.0 Å². The third-order valence-corrected chi connectivity index (χ3v) is 3.28. The Hall–Kier alpha value is -1.98. The van der Waals surface area contributed by atoms with Gasteiger partial charge in [0, 0.05) is 13.1 Å². The van der Waals surface area contributed by atoms with E-state index in [0.29, 0.717) is 13.1 Å². The molecule has 0 saturated carbocycles. The van der Waals surface area contributed by atoms with E-state index in [0.717, 1.165) is 37.8 Å². The molecule has 1 heterocycles. The van der Waals surface area contributed by atoms with Crippen molar-refractivity contribution < 1.29 is 14.1 Å². The van der Waals surface area contributed by atoms with Crippen LogP contribution < -0.4 is 0 Å². The van der Waals surface area contributed by atoms with Crippen LogP contribution in [0.2, 0.25) is 0 Å². The minimum absolute atomic E-state index is 0.0340. The summed E-state index contributed by atoms with van der Waals surface area (Å²) < 4.78 is 13.0. The fourth-order valence-corrected chi connectivity index (χ4v) is 2.28. The Labute approximate surface area is 110 Å². The summed E-state index contributed by atoms with van der Waals surface area (Å²) >= 11 is 0. The molecular weight excluding hydrogens is 251 g/mol. The van der Waals surface area contributed by atoms with Gasteiger partial charge in [-0.15, -0.1) is 0 Å². The van der Waals surface area contributed by atoms with Crippen molar-refractivity contribution in [2.24, 2.45) is 0 Å². The lowest BCUT2D eigenvalue weighted by molar-refractivity contribution is -0.385. The fraction of sp³-hybridized carbons (Fsp3) is 0.462. The number of nitro benzene ring substituents is 1. The molecule has 0 spiro atoms. The smallest absolute Gasteiger partial charge is 0.285 e. The quantitative estimate of drug-likeness (QED) is 0.610. The van der Waals surface area contributed by atoms with Gasteiger partial charge in [-0.3, -0.25) is 14.9 Å². The van der Waals surface area contributed by atoms with Gasteiger partial charge >= 0.3 is 0 Å². The number of likely N-dealkylation sites (tertiary alicyclic amines) is 1. The van der Waals surface area contributed by atoms with Crippen molar-refractivity contribution in [2.45, 2.75) is 25.7 Å². The molecule has 1 aromatic carbocycles. The molecule has 0 bridgehead atoms. The highest BCUT2D eigenvalue weighted by Crippen LogP contribution is 2.22. The first-order valence-electron chi connectivity index (χ1n) is 6.33. The summed E-state index contributed by atoms with van der Waals surface area (Å²) in [5.41, 5.74) is -0.498. The molecule has 0 N–H and O–H groups in total. The molecule has 0 atom stereocenters. The van der Waals surface area contributed by atoms with Crippen molar-refractivity contribution >= 4 is 11.6 Å². The number of hydrogen-bond donors (Lipinski definition) is 0. The number of hydrogen-bond acceptors (Lipinski definition) is 3. The molecule has 0 aliphatic carbocycles. The third-order valence-electron chi connectivity index (χ3n) is 3.28. The number of carbonyl (C=O) groups excluding carboxylic acids is 1. The Morgan fingerprint density at radius 1 is 1.21 bits per heavy atom. The molecule has 1 aromatic rings. The summed E-state index contributed by atoms with van der Waals surface area (Å²) in [6.07, 6.45) is 3.94. The first kappa shape index (κ1) is 13.5. The second-order valence-corrected chi connectivity index (χ2v) is 4.62. The molecule has 0 radical (unpaired) electrons. The zero-order chi connectivity index (χ0) is 13.8. The van der Waals surface area contributed by atoms with E-state index in [2.05, 4.69) is 0 Å². The largest absolute Gasteiger partial charge is 0.338 e. The Kier molecular flexibility index (Phi) is 4.09. The topological polar surface area (TPSA) is 63.4 Å². The molecule has 0 aromatic heterocycles. The number of nitro groups is 1. The highest BCUT2D eigenvalue weighted by atomic mass is 19.1. The minimum Gasteiger partial charge on any atom is -0.338 e. The summed E-state index contributed by atoms with van der Waals surface area (Å²) in [6, 6.07) is 3.07. The summed E-state index contributed by atoms with van der Waals surface area (Å²) in [4.78, 5) is 24.1. The lowest BCUT2D eigenvalue weighted by Gasteiger charge is -2.20. The third kappa shape index (κ3) is 3.07. The van der Waals surface area contributed by atoms with E-state index >= 15 is 0 Å². The van der Waals surface area contributed by atoms with Gasteiger partial charge in [-0.05, 0) is 25.0 Å². The number of amides is 1. The van der Waals surface area contributed by atoms with E-state index in [9.17, 15) is 19.3 Å². The van der Waals surface area contributed by atoms with Crippen molar-refractivity contribution in [3.05, 3.63) is 39.7 Å². The van der Waals surface area contributed by atoms with Crippen LogP contribution in [0.3, 0.4) is 0 Å². The summed E-state index contributed by atoms with van der Waals surface area (Å²) in [7, 11) is 0. The lowest BCUT2D eigenvalue weighted by Crippen LogP contribution is -2.32. The van der Waals surface area contributed by atoms with Gasteiger partial charge < -0.3 is 4.90 Å². The molecule has 1 aliphatic rings. The molecule has 19 heavy (non-hydrogen) atoms. The van der Waals surface area contributed by atoms with Crippen LogP contribution in [0.25, 0.3) is 0 Å². The summed E-state index contributed by atoms with van der Waals surface area (Å²) in [6.45, 7) is 1.21. The van der Waals surface area contributed by atoms with Crippen molar-refractivity contribution in [2.75, 3.05) is 13.1 Å². The van der Waals surface area contributed by atoms with Gasteiger partial charge in [-0.2, -0.15) is 0 Å². The number of rotatable bonds is 2. The average molecular weight is 266 g/mol. The molecule has 102 valence electrons. The Balaban J connectivity index is 2.29. The van der Waals surface area contributed by atoms with E-state index in [4.69, 9.17) is 0 Å². The van der Waals surface area contributed by atoms with E-state index in [-0.39, 0.29) is 11.5 Å². The van der Waals surface area contributed by atoms with Crippen LogP contribution in [0, 0.1) is 15.9 Å². The van der Waals surface area contributed by atoms with E-state index in [1.165, 1.54) is 6.07 Å². The fourth-order valence-electron chi connectivity index (χ4n) is 2.28. The maximum Gasteiger partial charge on any atom is 0.285 e. The van der Waals surface area contributed by atoms with E-state index in [1.807, 2.05) is 0 Å². The SMILES string of the molecule is O=C(c1ccc(F)cc1[N+](=O)[O-])N1CCCCCC1. The van der Waals surface area contributed by atoms with Gasteiger partial charge in [0.15, 0.2) is 0 Å². The highest BCUT2D eigenvalue weighted by Gasteiger charge is 2.25. The minimum atomic E-state index is -0.714. The average Bonchev–Trinajstić information content (AvgIpc) is 2.66. The molecule has 1 fully saturated rings. The molecule has 1 amide bonds. The molecular formula is C13H15FN2O3. The normalized spacial score (nSPS) is 15.9. The zero-order valence-corrected chi connectivity index (χ0v) is 10.5. The van der Waals surface area contributed by atoms with Gasteiger partial charge in [0.25, 0.3) is 11.6 Å². The van der Waals surface area contributed by atoms with Crippen LogP contribution in [0.4, 0.5) is 10.1 Å². The van der Waals surface area contributed by atoms with E-state index in [1.54, 1.807) is 4.90 Å². The zero-order valence-electron chi connectivity index (χ0n) is 10.5. The predicted molar refractivity (Wildman–Crippen MR) is 67.4 cm³/mol. The molecule has 2 rings (SSSR count). The number of halogens is 1. The van der Waals surface area contributed by atoms with E-state index < -0.39 is 16.4 Å². The van der Waals surface area contributed by atoms with Crippen LogP contribution in [0.15, 0.2) is 18.2 Å². The summed E-state index contributed by atoms with van der Waals surface area (Å²) in [5, 5.41) is 10.9. The molecule has 5 nitrogen and oxygen atoms in total. The molecule has 0 unspecified atom stereocenters. The Morgan fingerprint density at radius 2 is 1.84 bits per heavy atom. The standard InChI is InChI=1S/C13H15FN2O3/c14-10-5-6-11(12(9-10)16(18)19)13(17)15-7-3-1-2-4-8-15/h5-6,9H,1-4,7-8H2. The van der Waals surface area contributed by atoms with Crippen molar-refractivity contribution in [1.82, 2.24) is 4.90 Å². The molecule has 1 saturated heterocycles. The molecule has 6 heteroatoms. The predicted octanol–water partition coefficient (Wildman–Crippen LogP) is 2.75. The summed E-state index contributed by atoms with van der Waals surface area (Å²) in [5.74, 6) is -1.09. The highest BCUT2D eigenvalue weighted by molar-refractivity contribution is 5.98. The van der Waals surface area contributed by atoms with Gasteiger partial charge in [-0.1, -0.05) is 12.8 Å². The molecule has 1 aliphatic heterocycles. The van der Waals surface area contributed by atoms with Crippen LogP contribution >= 0.6 is 0 Å². The van der Waals surface area contributed by atoms with Gasteiger partial charge in [0.2, 0.25) is 0 Å². The van der Waals surface area contributed by atoms with Crippen LogP contribution in [0.5, 0.6) is 0 Å². The van der Waals surface area contributed by atoms with Gasteiger partial charge in [0.05, 0.1) is 11.0 Å². The maximum absolute atomic E-state index is 13.0. The second kappa shape index (κ2) is 5.77. The maximum atomic E-state index is 13.0. The van der Waals surface area contributed by atoms with Gasteiger partial charge in [0.1, 0.15) is 11.4 Å². The second-order valence-electron chi connectivity index (χ2n) is 4.62. The van der Waals surface area contributed by atoms with Gasteiger partial charge in [-0.25, -0.2) is 4.39 Å². The Morgan fingerprint density at radius 3 is 2.42 bits per heavy atom. The number of nitrogens with zero attached hydrogens (tertiary/aromatic N) is 2.